The maximum atomic E-state index is 12.5. The molecule has 2 rings (SSSR count). The van der Waals surface area contributed by atoms with Crippen LogP contribution >= 0.6 is 24.0 Å². The quantitative estimate of drug-likeness (QED) is 0.433. The highest BCUT2D eigenvalue weighted by atomic mass is 32.2. The first-order valence-corrected chi connectivity index (χ1v) is 8.15. The van der Waals surface area contributed by atoms with Gasteiger partial charge in [0.2, 0.25) is 0 Å². The Balaban J connectivity index is 2.32. The molecule has 1 aromatic carbocycles. The molecule has 0 aromatic heterocycles. The predicted octanol–water partition coefficient (Wildman–Crippen LogP) is 1.90. The van der Waals surface area contributed by atoms with Gasteiger partial charge in [-0.2, -0.15) is 0 Å². The van der Waals surface area contributed by atoms with Gasteiger partial charge in [0.25, 0.3) is 5.91 Å². The van der Waals surface area contributed by atoms with Gasteiger partial charge in [0, 0.05) is 5.56 Å². The van der Waals surface area contributed by atoms with Crippen molar-refractivity contribution >= 4 is 46.3 Å². The Labute approximate surface area is 148 Å². The number of amides is 1. The number of carboxylic acids is 1. The van der Waals surface area contributed by atoms with Crippen molar-refractivity contribution in [1.29, 1.82) is 0 Å². The maximum Gasteiger partial charge on any atom is 0.329 e. The van der Waals surface area contributed by atoms with Gasteiger partial charge in [-0.25, -0.2) is 4.79 Å². The van der Waals surface area contributed by atoms with Gasteiger partial charge in [-0.3, -0.25) is 9.69 Å². The molecule has 24 heavy (non-hydrogen) atoms. The third-order valence-electron chi connectivity index (χ3n) is 3.16. The van der Waals surface area contributed by atoms with E-state index in [0.29, 0.717) is 17.9 Å². The fourth-order valence-electron chi connectivity index (χ4n) is 2.04. The molecule has 1 saturated heterocycles. The molecular formula is C16H15NO5S2. The second-order valence-electron chi connectivity index (χ2n) is 4.73. The number of thiocarbonyl (C=S) groups is 1. The molecule has 1 aliphatic rings. The van der Waals surface area contributed by atoms with Crippen LogP contribution in [-0.2, 0) is 9.59 Å². The molecule has 0 bridgehead atoms. The van der Waals surface area contributed by atoms with Crippen LogP contribution in [0.2, 0.25) is 0 Å². The number of aliphatic carboxylic acids is 1. The predicted molar refractivity (Wildman–Crippen MR) is 95.7 cm³/mol. The first-order chi connectivity index (χ1) is 11.5. The maximum absolute atomic E-state index is 12.5. The van der Waals surface area contributed by atoms with Crippen LogP contribution in [0.3, 0.4) is 0 Å². The molecule has 0 radical (unpaired) electrons. The van der Waals surface area contributed by atoms with Crippen LogP contribution in [-0.4, -0.2) is 50.6 Å². The monoisotopic (exact) mass is 365 g/mol. The molecule has 1 atom stereocenters. The van der Waals surface area contributed by atoms with E-state index < -0.39 is 24.5 Å². The topological polar surface area (TPSA) is 87.1 Å². The van der Waals surface area contributed by atoms with E-state index in [2.05, 4.69) is 6.58 Å². The molecule has 1 heterocycles. The van der Waals surface area contributed by atoms with Gasteiger partial charge in [-0.1, -0.05) is 54.8 Å². The minimum absolute atomic E-state index is 0.0946. The van der Waals surface area contributed by atoms with Gasteiger partial charge in [0.05, 0.1) is 11.5 Å². The second-order valence-corrected chi connectivity index (χ2v) is 6.40. The third-order valence-corrected chi connectivity index (χ3v) is 4.49. The van der Waals surface area contributed by atoms with Gasteiger partial charge in [0.1, 0.15) is 16.7 Å². The lowest BCUT2D eigenvalue weighted by molar-refractivity contribution is -0.146. The zero-order chi connectivity index (χ0) is 17.7. The number of aliphatic hydroxyl groups excluding tert-OH is 1. The number of aliphatic hydroxyl groups is 1. The number of carbonyl (C=O) groups is 2. The highest BCUT2D eigenvalue weighted by Crippen LogP contribution is 2.35. The molecule has 0 saturated carbocycles. The Morgan fingerprint density at radius 2 is 2.17 bits per heavy atom. The van der Waals surface area contributed by atoms with Crippen molar-refractivity contribution in [2.75, 3.05) is 13.2 Å². The minimum atomic E-state index is -1.39. The summed E-state index contributed by atoms with van der Waals surface area (Å²) >= 11 is 6.07. The number of hydrogen-bond acceptors (Lipinski definition) is 6. The van der Waals surface area contributed by atoms with Gasteiger partial charge in [-0.15, -0.1) is 0 Å². The van der Waals surface area contributed by atoms with E-state index in [4.69, 9.17) is 22.1 Å². The molecule has 126 valence electrons. The van der Waals surface area contributed by atoms with Crippen LogP contribution in [0.4, 0.5) is 0 Å². The smallest absolute Gasteiger partial charge is 0.329 e. The van der Waals surface area contributed by atoms with Crippen molar-refractivity contribution in [3.05, 3.63) is 47.4 Å². The average molecular weight is 365 g/mol. The molecule has 1 fully saturated rings. The van der Waals surface area contributed by atoms with Crippen LogP contribution in [0.25, 0.3) is 6.08 Å². The van der Waals surface area contributed by atoms with E-state index in [0.717, 1.165) is 16.7 Å². The Morgan fingerprint density at radius 3 is 2.79 bits per heavy atom. The Morgan fingerprint density at radius 1 is 1.46 bits per heavy atom. The van der Waals surface area contributed by atoms with Crippen molar-refractivity contribution in [3.63, 3.8) is 0 Å². The first-order valence-electron chi connectivity index (χ1n) is 6.93. The van der Waals surface area contributed by atoms with Gasteiger partial charge < -0.3 is 14.9 Å². The normalized spacial score (nSPS) is 17.2. The Hall–Kier alpha value is -2.16. The summed E-state index contributed by atoms with van der Waals surface area (Å²) in [6.45, 7) is 3.19. The number of rotatable bonds is 7. The second kappa shape index (κ2) is 8.09. The molecular weight excluding hydrogens is 350 g/mol. The lowest BCUT2D eigenvalue weighted by Crippen LogP contribution is -2.46. The number of ether oxygens (including phenoxy) is 1. The number of carboxylic acid groups (broad SMARTS) is 1. The van der Waals surface area contributed by atoms with Crippen LogP contribution < -0.4 is 4.74 Å². The van der Waals surface area contributed by atoms with E-state index >= 15 is 0 Å². The van der Waals surface area contributed by atoms with E-state index in [1.165, 1.54) is 0 Å². The molecule has 2 N–H and O–H groups in total. The summed E-state index contributed by atoms with van der Waals surface area (Å²) in [6, 6.07) is 5.72. The summed E-state index contributed by atoms with van der Waals surface area (Å²) in [5, 5.41) is 18.3. The van der Waals surface area contributed by atoms with E-state index in [-0.39, 0.29) is 9.23 Å². The summed E-state index contributed by atoms with van der Waals surface area (Å²) in [4.78, 5) is 24.8. The van der Waals surface area contributed by atoms with E-state index in [1.54, 1.807) is 36.4 Å². The van der Waals surface area contributed by atoms with Gasteiger partial charge in [-0.05, 0) is 12.1 Å². The summed E-state index contributed by atoms with van der Waals surface area (Å²) in [5.74, 6) is -1.30. The zero-order valence-electron chi connectivity index (χ0n) is 12.5. The number of benzene rings is 1. The molecule has 1 unspecified atom stereocenters. The van der Waals surface area contributed by atoms with Crippen molar-refractivity contribution < 1.29 is 24.5 Å². The van der Waals surface area contributed by atoms with Crippen LogP contribution in [0, 0.1) is 0 Å². The Kier molecular flexibility index (Phi) is 6.13. The summed E-state index contributed by atoms with van der Waals surface area (Å²) in [6.07, 6.45) is 3.20. The van der Waals surface area contributed by atoms with Crippen molar-refractivity contribution in [2.24, 2.45) is 0 Å². The number of hydrogen-bond donors (Lipinski definition) is 2. The van der Waals surface area contributed by atoms with E-state index in [9.17, 15) is 14.7 Å². The summed E-state index contributed by atoms with van der Waals surface area (Å²) in [5.41, 5.74) is 0.663. The summed E-state index contributed by atoms with van der Waals surface area (Å²) < 4.78 is 5.62. The van der Waals surface area contributed by atoms with Crippen LogP contribution in [0.5, 0.6) is 5.75 Å². The lowest BCUT2D eigenvalue weighted by Gasteiger charge is -2.20. The molecule has 8 heteroatoms. The fraction of sp³-hybridized carbons (Fsp3) is 0.188. The fourth-order valence-corrected chi connectivity index (χ4v) is 3.39. The standard InChI is InChI=1S/C16H15NO5S2/c1-2-7-22-12-6-4-3-5-10(12)8-13-14(19)17(16(23)24-13)11(9-18)15(20)21/h2-6,8,11,18H,1,7,9H2,(H,20,21)/b13-8-. The molecule has 1 aliphatic heterocycles. The number of carbonyl (C=O) groups excluding carboxylic acids is 1. The molecule has 1 aromatic rings. The number of para-hydroxylation sites is 1. The van der Waals surface area contributed by atoms with Crippen LogP contribution in [0.15, 0.2) is 41.8 Å². The SMILES string of the molecule is C=CCOc1ccccc1/C=C1\SC(=S)N(C(CO)C(=O)O)C1=O. The van der Waals surface area contributed by atoms with Crippen molar-refractivity contribution in [2.45, 2.75) is 6.04 Å². The number of thioether (sulfide) groups is 1. The molecule has 0 spiro atoms. The molecule has 1 amide bonds. The van der Waals surface area contributed by atoms with Gasteiger partial charge >= 0.3 is 5.97 Å². The first kappa shape index (κ1) is 18.2. The largest absolute Gasteiger partial charge is 0.489 e. The highest BCUT2D eigenvalue weighted by Gasteiger charge is 2.40. The third kappa shape index (κ3) is 3.84. The average Bonchev–Trinajstić information content (AvgIpc) is 2.82. The molecule has 0 aliphatic carbocycles. The number of nitrogens with zero attached hydrogens (tertiary/aromatic N) is 1. The molecule has 6 nitrogen and oxygen atoms in total. The van der Waals surface area contributed by atoms with Crippen molar-refractivity contribution in [1.82, 2.24) is 4.90 Å². The summed E-state index contributed by atoms with van der Waals surface area (Å²) in [7, 11) is 0. The van der Waals surface area contributed by atoms with Crippen molar-refractivity contribution in [3.8, 4) is 5.75 Å². The Bertz CT molecular complexity index is 716. The minimum Gasteiger partial charge on any atom is -0.489 e. The van der Waals surface area contributed by atoms with Gasteiger partial charge in [0.15, 0.2) is 6.04 Å². The highest BCUT2D eigenvalue weighted by molar-refractivity contribution is 8.26. The lowest BCUT2D eigenvalue weighted by atomic mass is 10.1. The van der Waals surface area contributed by atoms with E-state index in [1.807, 2.05) is 0 Å². The van der Waals surface area contributed by atoms with Crippen LogP contribution in [0.1, 0.15) is 5.56 Å². The zero-order valence-corrected chi connectivity index (χ0v) is 14.2.